The highest BCUT2D eigenvalue weighted by molar-refractivity contribution is 5.21. The second kappa shape index (κ2) is 5.53. The molecule has 2 aromatic carbocycles. The van der Waals surface area contributed by atoms with Gasteiger partial charge in [-0.2, -0.15) is 0 Å². The Labute approximate surface area is 113 Å². The Hall–Kier alpha value is -2.35. The number of rotatable bonds is 4. The number of aromatic nitrogens is 2. The topological polar surface area (TPSA) is 17.8 Å². The number of hydrogen-bond acceptors (Lipinski definition) is 1. The third-order valence-corrected chi connectivity index (χ3v) is 3.12. The Morgan fingerprint density at radius 1 is 0.789 bits per heavy atom. The first-order valence-corrected chi connectivity index (χ1v) is 6.49. The molecule has 0 radical (unpaired) electrons. The predicted octanol–water partition coefficient (Wildman–Crippen LogP) is 3.52. The van der Waals surface area contributed by atoms with Crippen molar-refractivity contribution in [2.75, 3.05) is 0 Å². The van der Waals surface area contributed by atoms with Gasteiger partial charge in [0.05, 0.1) is 12.0 Å². The quantitative estimate of drug-likeness (QED) is 0.690. The molecule has 0 amide bonds. The molecular formula is C17H16N2. The largest absolute Gasteiger partial charge is 0.333 e. The van der Waals surface area contributed by atoms with Crippen LogP contribution < -0.4 is 0 Å². The fourth-order valence-electron chi connectivity index (χ4n) is 2.18. The predicted molar refractivity (Wildman–Crippen MR) is 77.0 cm³/mol. The van der Waals surface area contributed by atoms with Gasteiger partial charge in [0.1, 0.15) is 0 Å². The van der Waals surface area contributed by atoms with Crippen molar-refractivity contribution in [1.29, 1.82) is 0 Å². The van der Waals surface area contributed by atoms with Crippen LogP contribution in [-0.4, -0.2) is 9.55 Å². The molecule has 0 spiro atoms. The van der Waals surface area contributed by atoms with Crippen molar-refractivity contribution in [3.8, 4) is 0 Å². The molecule has 0 aliphatic carbocycles. The van der Waals surface area contributed by atoms with Gasteiger partial charge in [-0.05, 0) is 11.1 Å². The number of hydrogen-bond donors (Lipinski definition) is 0. The molecular weight excluding hydrogens is 232 g/mol. The van der Waals surface area contributed by atoms with Crippen LogP contribution in [-0.2, 0) is 13.0 Å². The van der Waals surface area contributed by atoms with Gasteiger partial charge in [-0.3, -0.25) is 0 Å². The van der Waals surface area contributed by atoms with Crippen molar-refractivity contribution < 1.29 is 0 Å². The van der Waals surface area contributed by atoms with E-state index in [9.17, 15) is 0 Å². The zero-order chi connectivity index (χ0) is 12.9. The summed E-state index contributed by atoms with van der Waals surface area (Å²) >= 11 is 0. The first kappa shape index (κ1) is 11.7. The smallest absolute Gasteiger partial charge is 0.0952 e. The van der Waals surface area contributed by atoms with E-state index in [0.717, 1.165) is 18.7 Å². The van der Waals surface area contributed by atoms with Crippen LogP contribution in [0.25, 0.3) is 0 Å². The van der Waals surface area contributed by atoms with Gasteiger partial charge in [-0.1, -0.05) is 60.7 Å². The molecule has 2 nitrogen and oxygen atoms in total. The molecule has 3 rings (SSSR count). The Morgan fingerprint density at radius 2 is 1.42 bits per heavy atom. The Bertz CT molecular complexity index is 571. The summed E-state index contributed by atoms with van der Waals surface area (Å²) in [7, 11) is 0. The minimum absolute atomic E-state index is 0.878. The summed E-state index contributed by atoms with van der Waals surface area (Å²) in [5, 5.41) is 0. The molecule has 94 valence electrons. The van der Waals surface area contributed by atoms with E-state index < -0.39 is 0 Å². The van der Waals surface area contributed by atoms with E-state index in [0.29, 0.717) is 0 Å². The van der Waals surface area contributed by atoms with Gasteiger partial charge in [0.15, 0.2) is 0 Å². The maximum absolute atomic E-state index is 4.47. The van der Waals surface area contributed by atoms with Crippen molar-refractivity contribution in [2.24, 2.45) is 0 Å². The number of nitrogens with zero attached hydrogens (tertiary/aromatic N) is 2. The Morgan fingerprint density at radius 3 is 2.11 bits per heavy atom. The molecule has 0 fully saturated rings. The Kier molecular flexibility index (Phi) is 3.41. The highest BCUT2D eigenvalue weighted by atomic mass is 15.0. The lowest BCUT2D eigenvalue weighted by molar-refractivity contribution is 0.796. The van der Waals surface area contributed by atoms with E-state index in [1.165, 1.54) is 11.1 Å². The molecule has 0 bridgehead atoms. The van der Waals surface area contributed by atoms with E-state index in [4.69, 9.17) is 0 Å². The highest BCUT2D eigenvalue weighted by Crippen LogP contribution is 2.08. The molecule has 0 unspecified atom stereocenters. The minimum atomic E-state index is 0.878. The molecule has 0 atom stereocenters. The zero-order valence-corrected chi connectivity index (χ0v) is 10.7. The highest BCUT2D eigenvalue weighted by Gasteiger charge is 2.01. The van der Waals surface area contributed by atoms with Crippen LogP contribution in [0.5, 0.6) is 0 Å². The SMILES string of the molecule is c1ccc(Cc2cn(Cc3ccccc3)cn2)cc1. The normalized spacial score (nSPS) is 10.5. The third kappa shape index (κ3) is 3.10. The lowest BCUT2D eigenvalue weighted by Gasteiger charge is -2.01. The van der Waals surface area contributed by atoms with Crippen LogP contribution >= 0.6 is 0 Å². The van der Waals surface area contributed by atoms with Crippen LogP contribution in [0.1, 0.15) is 16.8 Å². The molecule has 1 aromatic heterocycles. The van der Waals surface area contributed by atoms with Gasteiger partial charge in [0, 0.05) is 19.2 Å². The average molecular weight is 248 g/mol. The summed E-state index contributed by atoms with van der Waals surface area (Å²) in [6, 6.07) is 20.9. The summed E-state index contributed by atoms with van der Waals surface area (Å²) in [6.07, 6.45) is 4.92. The van der Waals surface area contributed by atoms with Crippen molar-refractivity contribution in [3.63, 3.8) is 0 Å². The molecule has 0 saturated carbocycles. The van der Waals surface area contributed by atoms with Gasteiger partial charge in [0.25, 0.3) is 0 Å². The molecule has 0 aliphatic rings. The number of benzene rings is 2. The van der Waals surface area contributed by atoms with E-state index in [2.05, 4.69) is 64.3 Å². The van der Waals surface area contributed by atoms with Crippen LogP contribution in [0.2, 0.25) is 0 Å². The van der Waals surface area contributed by atoms with Crippen LogP contribution in [0.3, 0.4) is 0 Å². The van der Waals surface area contributed by atoms with E-state index in [-0.39, 0.29) is 0 Å². The van der Waals surface area contributed by atoms with Crippen LogP contribution in [0.15, 0.2) is 73.2 Å². The molecule has 0 N–H and O–H groups in total. The van der Waals surface area contributed by atoms with Gasteiger partial charge in [-0.25, -0.2) is 4.98 Å². The molecule has 0 saturated heterocycles. The van der Waals surface area contributed by atoms with Gasteiger partial charge >= 0.3 is 0 Å². The average Bonchev–Trinajstić information content (AvgIpc) is 2.88. The van der Waals surface area contributed by atoms with Crippen molar-refractivity contribution in [2.45, 2.75) is 13.0 Å². The van der Waals surface area contributed by atoms with Gasteiger partial charge in [0.2, 0.25) is 0 Å². The second-order valence-electron chi connectivity index (χ2n) is 4.69. The molecule has 0 aliphatic heterocycles. The molecule has 2 heteroatoms. The lowest BCUT2D eigenvalue weighted by Crippen LogP contribution is -1.95. The van der Waals surface area contributed by atoms with Crippen LogP contribution in [0, 0.1) is 0 Å². The fourth-order valence-corrected chi connectivity index (χ4v) is 2.18. The fraction of sp³-hybridized carbons (Fsp3) is 0.118. The standard InChI is InChI=1S/C17H16N2/c1-3-7-15(8-4-1)11-17-13-19(14-18-17)12-16-9-5-2-6-10-16/h1-10,13-14H,11-12H2. The Balaban J connectivity index is 1.70. The van der Waals surface area contributed by atoms with Crippen molar-refractivity contribution >= 4 is 0 Å². The summed E-state index contributed by atoms with van der Waals surface area (Å²) < 4.78 is 2.13. The monoisotopic (exact) mass is 248 g/mol. The van der Waals surface area contributed by atoms with E-state index >= 15 is 0 Å². The second-order valence-corrected chi connectivity index (χ2v) is 4.69. The van der Waals surface area contributed by atoms with Crippen molar-refractivity contribution in [1.82, 2.24) is 9.55 Å². The van der Waals surface area contributed by atoms with Crippen molar-refractivity contribution in [3.05, 3.63) is 90.0 Å². The number of imidazole rings is 1. The first-order chi connectivity index (χ1) is 9.40. The first-order valence-electron chi connectivity index (χ1n) is 6.49. The van der Waals surface area contributed by atoms with E-state index in [1.807, 2.05) is 18.5 Å². The molecule has 1 heterocycles. The lowest BCUT2D eigenvalue weighted by atomic mass is 10.1. The van der Waals surface area contributed by atoms with E-state index in [1.54, 1.807) is 0 Å². The maximum Gasteiger partial charge on any atom is 0.0952 e. The molecule has 3 aromatic rings. The summed E-state index contributed by atoms with van der Waals surface area (Å²) in [5.74, 6) is 0. The zero-order valence-electron chi connectivity index (χ0n) is 10.7. The van der Waals surface area contributed by atoms with Crippen LogP contribution in [0.4, 0.5) is 0 Å². The third-order valence-electron chi connectivity index (χ3n) is 3.12. The summed E-state index contributed by atoms with van der Waals surface area (Å²) in [6.45, 7) is 0.878. The van der Waals surface area contributed by atoms with Gasteiger partial charge in [-0.15, -0.1) is 0 Å². The summed E-state index contributed by atoms with van der Waals surface area (Å²) in [4.78, 5) is 4.47. The van der Waals surface area contributed by atoms with Gasteiger partial charge < -0.3 is 4.57 Å². The maximum atomic E-state index is 4.47. The molecule has 19 heavy (non-hydrogen) atoms. The minimum Gasteiger partial charge on any atom is -0.333 e. The summed E-state index contributed by atoms with van der Waals surface area (Å²) in [5.41, 5.74) is 3.71.